The first-order valence-electron chi connectivity index (χ1n) is 7.98. The van der Waals surface area contributed by atoms with Crippen LogP contribution in [-0.2, 0) is 6.54 Å². The molecule has 1 aromatic carbocycles. The van der Waals surface area contributed by atoms with Crippen LogP contribution in [0.4, 0.5) is 10.5 Å². The van der Waals surface area contributed by atoms with Gasteiger partial charge in [0.1, 0.15) is 0 Å². The number of nitrogens with one attached hydrogen (secondary N) is 2. The molecule has 2 unspecified atom stereocenters. The van der Waals surface area contributed by atoms with E-state index < -0.39 is 0 Å². The SMILES string of the molecule is CCNC(c1ccc2c(c1)CN(C)C(=O)N2)C(C)C1CC1. The second-order valence-electron chi connectivity index (χ2n) is 6.43. The van der Waals surface area contributed by atoms with Crippen LogP contribution in [-0.4, -0.2) is 24.5 Å². The lowest BCUT2D eigenvalue weighted by atomic mass is 9.89. The van der Waals surface area contributed by atoms with Crippen LogP contribution < -0.4 is 10.6 Å². The monoisotopic (exact) mass is 287 g/mol. The van der Waals surface area contributed by atoms with E-state index in [1.165, 1.54) is 24.0 Å². The summed E-state index contributed by atoms with van der Waals surface area (Å²) in [7, 11) is 1.83. The number of carbonyl (C=O) groups is 1. The second-order valence-corrected chi connectivity index (χ2v) is 6.43. The maximum Gasteiger partial charge on any atom is 0.321 e. The lowest BCUT2D eigenvalue weighted by Gasteiger charge is -2.29. The van der Waals surface area contributed by atoms with Crippen molar-refractivity contribution in [2.24, 2.45) is 11.8 Å². The topological polar surface area (TPSA) is 44.4 Å². The van der Waals surface area contributed by atoms with E-state index in [1.54, 1.807) is 4.90 Å². The second kappa shape index (κ2) is 5.68. The van der Waals surface area contributed by atoms with Crippen molar-refractivity contribution in [1.29, 1.82) is 0 Å². The largest absolute Gasteiger partial charge is 0.323 e. The number of anilines is 1. The molecule has 1 aliphatic heterocycles. The maximum atomic E-state index is 11.7. The van der Waals surface area contributed by atoms with E-state index in [-0.39, 0.29) is 6.03 Å². The van der Waals surface area contributed by atoms with Crippen LogP contribution >= 0.6 is 0 Å². The molecule has 2 atom stereocenters. The number of hydrogen-bond acceptors (Lipinski definition) is 2. The fourth-order valence-corrected chi connectivity index (χ4v) is 3.32. The molecule has 1 fully saturated rings. The number of carbonyl (C=O) groups excluding carboxylic acids is 1. The Kier molecular flexibility index (Phi) is 3.89. The third kappa shape index (κ3) is 2.91. The van der Waals surface area contributed by atoms with Crippen LogP contribution in [0.25, 0.3) is 0 Å². The molecule has 1 heterocycles. The summed E-state index contributed by atoms with van der Waals surface area (Å²) in [5, 5.41) is 6.58. The van der Waals surface area contributed by atoms with Gasteiger partial charge in [-0.05, 0) is 48.4 Å². The molecule has 2 aliphatic rings. The Morgan fingerprint density at radius 3 is 2.86 bits per heavy atom. The van der Waals surface area contributed by atoms with Gasteiger partial charge in [-0.1, -0.05) is 26.0 Å². The molecule has 1 saturated carbocycles. The minimum absolute atomic E-state index is 0.0233. The molecule has 2 amide bonds. The molecule has 2 N–H and O–H groups in total. The number of amides is 2. The van der Waals surface area contributed by atoms with Gasteiger partial charge < -0.3 is 15.5 Å². The average molecular weight is 287 g/mol. The lowest BCUT2D eigenvalue weighted by molar-refractivity contribution is 0.218. The molecule has 3 rings (SSSR count). The number of benzene rings is 1. The van der Waals surface area contributed by atoms with Crippen LogP contribution in [0, 0.1) is 11.8 Å². The first-order valence-corrected chi connectivity index (χ1v) is 7.98. The number of urea groups is 1. The number of nitrogens with zero attached hydrogens (tertiary/aromatic N) is 1. The van der Waals surface area contributed by atoms with Crippen LogP contribution in [0.1, 0.15) is 43.9 Å². The predicted molar refractivity (Wildman–Crippen MR) is 85.2 cm³/mol. The number of rotatable bonds is 5. The van der Waals surface area contributed by atoms with Gasteiger partial charge in [-0.2, -0.15) is 0 Å². The van der Waals surface area contributed by atoms with E-state index in [4.69, 9.17) is 0 Å². The first kappa shape index (κ1) is 14.4. The van der Waals surface area contributed by atoms with Gasteiger partial charge in [0.25, 0.3) is 0 Å². The molecule has 114 valence electrons. The van der Waals surface area contributed by atoms with E-state index in [0.29, 0.717) is 18.5 Å². The summed E-state index contributed by atoms with van der Waals surface area (Å²) in [6.45, 7) is 6.19. The Bertz CT molecular complexity index is 539. The van der Waals surface area contributed by atoms with E-state index >= 15 is 0 Å². The van der Waals surface area contributed by atoms with Crippen LogP contribution in [0.2, 0.25) is 0 Å². The zero-order valence-corrected chi connectivity index (χ0v) is 13.1. The third-order valence-corrected chi connectivity index (χ3v) is 4.80. The number of hydrogen-bond donors (Lipinski definition) is 2. The Hall–Kier alpha value is -1.55. The molecular formula is C17H25N3O. The van der Waals surface area contributed by atoms with E-state index in [9.17, 15) is 4.79 Å². The molecule has 0 saturated heterocycles. The van der Waals surface area contributed by atoms with Crippen molar-refractivity contribution in [3.8, 4) is 0 Å². The normalized spacial score (nSPS) is 20.7. The average Bonchev–Trinajstić information content (AvgIpc) is 3.29. The van der Waals surface area contributed by atoms with Crippen molar-refractivity contribution >= 4 is 11.7 Å². The van der Waals surface area contributed by atoms with Crippen molar-refractivity contribution in [3.05, 3.63) is 29.3 Å². The predicted octanol–water partition coefficient (Wildman–Crippen LogP) is 3.36. The Balaban J connectivity index is 1.87. The van der Waals surface area contributed by atoms with Crippen molar-refractivity contribution in [2.75, 3.05) is 18.9 Å². The fourth-order valence-electron chi connectivity index (χ4n) is 3.32. The fraction of sp³-hybridized carbons (Fsp3) is 0.588. The summed E-state index contributed by atoms with van der Waals surface area (Å²) in [5.74, 6) is 1.53. The van der Waals surface area contributed by atoms with Gasteiger partial charge in [-0.15, -0.1) is 0 Å². The Labute approximate surface area is 126 Å². The molecule has 1 aromatic rings. The zero-order chi connectivity index (χ0) is 15.0. The van der Waals surface area contributed by atoms with E-state index in [0.717, 1.165) is 18.2 Å². The molecule has 0 bridgehead atoms. The summed E-state index contributed by atoms with van der Waals surface area (Å²) in [6.07, 6.45) is 2.74. The van der Waals surface area contributed by atoms with Gasteiger partial charge in [-0.25, -0.2) is 4.79 Å². The van der Waals surface area contributed by atoms with Crippen molar-refractivity contribution in [1.82, 2.24) is 10.2 Å². The molecule has 0 spiro atoms. The third-order valence-electron chi connectivity index (χ3n) is 4.80. The van der Waals surface area contributed by atoms with Gasteiger partial charge in [0.05, 0.1) is 0 Å². The van der Waals surface area contributed by atoms with Crippen LogP contribution in [0.5, 0.6) is 0 Å². The minimum atomic E-state index is -0.0233. The Morgan fingerprint density at radius 2 is 2.19 bits per heavy atom. The summed E-state index contributed by atoms with van der Waals surface area (Å²) >= 11 is 0. The van der Waals surface area contributed by atoms with Gasteiger partial charge in [-0.3, -0.25) is 0 Å². The highest BCUT2D eigenvalue weighted by molar-refractivity contribution is 5.92. The number of fused-ring (bicyclic) bond motifs is 1. The summed E-state index contributed by atoms with van der Waals surface area (Å²) < 4.78 is 0. The summed E-state index contributed by atoms with van der Waals surface area (Å²) in [6, 6.07) is 6.87. The lowest BCUT2D eigenvalue weighted by Crippen LogP contribution is -2.35. The van der Waals surface area contributed by atoms with Crippen LogP contribution in [0.15, 0.2) is 18.2 Å². The molecule has 4 nitrogen and oxygen atoms in total. The summed E-state index contributed by atoms with van der Waals surface area (Å²) in [4.78, 5) is 13.4. The zero-order valence-electron chi connectivity index (χ0n) is 13.1. The standard InChI is InChI=1S/C17H25N3O/c1-4-18-16(11(2)12-5-6-12)13-7-8-15-14(9-13)10-20(3)17(21)19-15/h7-9,11-12,16,18H,4-6,10H2,1-3H3,(H,19,21). The van der Waals surface area contributed by atoms with Gasteiger partial charge in [0.15, 0.2) is 0 Å². The highest BCUT2D eigenvalue weighted by atomic mass is 16.2. The molecular weight excluding hydrogens is 262 g/mol. The maximum absolute atomic E-state index is 11.7. The van der Waals surface area contributed by atoms with E-state index in [2.05, 4.69) is 42.7 Å². The molecule has 0 aromatic heterocycles. The van der Waals surface area contributed by atoms with E-state index in [1.807, 2.05) is 7.05 Å². The smallest absolute Gasteiger partial charge is 0.321 e. The molecule has 0 radical (unpaired) electrons. The molecule has 1 aliphatic carbocycles. The van der Waals surface area contributed by atoms with Gasteiger partial charge >= 0.3 is 6.03 Å². The first-order chi connectivity index (χ1) is 10.1. The van der Waals surface area contributed by atoms with Gasteiger partial charge in [0.2, 0.25) is 0 Å². The quantitative estimate of drug-likeness (QED) is 0.872. The van der Waals surface area contributed by atoms with Crippen LogP contribution in [0.3, 0.4) is 0 Å². The summed E-state index contributed by atoms with van der Waals surface area (Å²) in [5.41, 5.74) is 3.51. The van der Waals surface area contributed by atoms with Crippen molar-refractivity contribution in [3.63, 3.8) is 0 Å². The minimum Gasteiger partial charge on any atom is -0.323 e. The Morgan fingerprint density at radius 1 is 1.43 bits per heavy atom. The highest BCUT2D eigenvalue weighted by Crippen LogP contribution is 2.43. The molecule has 21 heavy (non-hydrogen) atoms. The highest BCUT2D eigenvalue weighted by Gasteiger charge is 2.34. The van der Waals surface area contributed by atoms with Crippen molar-refractivity contribution < 1.29 is 4.79 Å². The molecule has 4 heteroatoms. The van der Waals surface area contributed by atoms with Crippen molar-refractivity contribution in [2.45, 2.75) is 39.3 Å². The van der Waals surface area contributed by atoms with Gasteiger partial charge in [0, 0.05) is 25.3 Å².